The van der Waals surface area contributed by atoms with Gasteiger partial charge < -0.3 is 4.90 Å². The molecule has 21 heavy (non-hydrogen) atoms. The summed E-state index contributed by atoms with van der Waals surface area (Å²) in [5, 5.41) is 0. The Morgan fingerprint density at radius 3 is 2.52 bits per heavy atom. The summed E-state index contributed by atoms with van der Waals surface area (Å²) in [5.41, 5.74) is 2.51. The minimum Gasteiger partial charge on any atom is -0.373 e. The van der Waals surface area contributed by atoms with E-state index in [0.29, 0.717) is 13.1 Å². The fourth-order valence-corrected chi connectivity index (χ4v) is 4.06. The zero-order chi connectivity index (χ0) is 15.3. The number of nitrogens with zero attached hydrogens (tertiary/aromatic N) is 2. The predicted octanol–water partition coefficient (Wildman–Crippen LogP) is 3.79. The lowest BCUT2D eigenvalue weighted by molar-refractivity contribution is -0.149. The highest BCUT2D eigenvalue weighted by Crippen LogP contribution is 2.47. The molecule has 2 nitrogen and oxygen atoms in total. The molecule has 0 saturated carbocycles. The predicted molar refractivity (Wildman–Crippen MR) is 80.8 cm³/mol. The molecule has 1 saturated heterocycles. The molecule has 0 bridgehead atoms. The van der Waals surface area contributed by atoms with E-state index < -0.39 is 12.7 Å². The van der Waals surface area contributed by atoms with Gasteiger partial charge in [0.15, 0.2) is 0 Å². The van der Waals surface area contributed by atoms with Gasteiger partial charge in [0.25, 0.3) is 0 Å². The Kier molecular flexibility index (Phi) is 3.72. The standard InChI is InChI=1S/C15H18BrF3N2/c1-20-9-14(12-3-2-11(16)8-13(12)20)4-6-21(7-5-14)10-15(17,18)19/h2-3,8H,4-7,9-10H2,1H3. The fraction of sp³-hybridized carbons (Fsp3) is 0.600. The monoisotopic (exact) mass is 362 g/mol. The van der Waals surface area contributed by atoms with Crippen LogP contribution < -0.4 is 4.90 Å². The average Bonchev–Trinajstić information content (AvgIpc) is 2.64. The summed E-state index contributed by atoms with van der Waals surface area (Å²) >= 11 is 3.49. The molecule has 116 valence electrons. The lowest BCUT2D eigenvalue weighted by atomic mass is 9.74. The Labute approximate surface area is 131 Å². The number of benzene rings is 1. The van der Waals surface area contributed by atoms with Gasteiger partial charge in [-0.3, -0.25) is 4.90 Å². The van der Waals surface area contributed by atoms with Crippen LogP contribution in [-0.4, -0.2) is 44.3 Å². The molecule has 0 unspecified atom stereocenters. The number of halogens is 4. The molecule has 3 rings (SSSR count). The van der Waals surface area contributed by atoms with Gasteiger partial charge in [0.1, 0.15) is 0 Å². The van der Waals surface area contributed by atoms with Gasteiger partial charge in [-0.25, -0.2) is 0 Å². The van der Waals surface area contributed by atoms with E-state index in [-0.39, 0.29) is 5.41 Å². The Balaban J connectivity index is 1.78. The highest BCUT2D eigenvalue weighted by Gasteiger charge is 2.44. The zero-order valence-corrected chi connectivity index (χ0v) is 13.5. The number of hydrogen-bond donors (Lipinski definition) is 0. The fourth-order valence-electron chi connectivity index (χ4n) is 3.71. The second-order valence-corrected chi connectivity index (χ2v) is 7.10. The van der Waals surface area contributed by atoms with Crippen molar-refractivity contribution in [2.24, 2.45) is 0 Å². The Bertz CT molecular complexity index is 536. The maximum absolute atomic E-state index is 12.5. The molecule has 0 atom stereocenters. The van der Waals surface area contributed by atoms with Crippen LogP contribution in [0.5, 0.6) is 0 Å². The third kappa shape index (κ3) is 2.93. The van der Waals surface area contributed by atoms with Gasteiger partial charge in [0.05, 0.1) is 6.54 Å². The minimum atomic E-state index is -4.10. The maximum Gasteiger partial charge on any atom is 0.401 e. The summed E-state index contributed by atoms with van der Waals surface area (Å²) in [6, 6.07) is 6.26. The topological polar surface area (TPSA) is 6.48 Å². The molecular formula is C15H18BrF3N2. The molecule has 0 aromatic heterocycles. The second-order valence-electron chi connectivity index (χ2n) is 6.19. The first-order valence-electron chi connectivity index (χ1n) is 7.09. The van der Waals surface area contributed by atoms with Crippen LogP contribution in [0.2, 0.25) is 0 Å². The first kappa shape index (κ1) is 15.2. The quantitative estimate of drug-likeness (QED) is 0.749. The van der Waals surface area contributed by atoms with Crippen molar-refractivity contribution in [1.82, 2.24) is 4.90 Å². The minimum absolute atomic E-state index is 0.0207. The summed E-state index contributed by atoms with van der Waals surface area (Å²) in [6.07, 6.45) is -2.51. The Morgan fingerprint density at radius 1 is 1.24 bits per heavy atom. The summed E-state index contributed by atoms with van der Waals surface area (Å²) < 4.78 is 38.5. The molecule has 1 aromatic rings. The van der Waals surface area contributed by atoms with Gasteiger partial charge in [-0.2, -0.15) is 13.2 Å². The molecular weight excluding hydrogens is 345 g/mol. The summed E-state index contributed by atoms with van der Waals surface area (Å²) in [5.74, 6) is 0. The third-order valence-corrected chi connectivity index (χ3v) is 5.19. The van der Waals surface area contributed by atoms with Crippen LogP contribution in [0.1, 0.15) is 18.4 Å². The van der Waals surface area contributed by atoms with Gasteiger partial charge in [-0.05, 0) is 43.6 Å². The molecule has 0 N–H and O–H groups in total. The van der Waals surface area contributed by atoms with E-state index in [0.717, 1.165) is 23.9 Å². The van der Waals surface area contributed by atoms with Crippen LogP contribution in [0, 0.1) is 0 Å². The molecule has 0 radical (unpaired) electrons. The molecule has 1 aromatic carbocycles. The molecule has 0 amide bonds. The summed E-state index contributed by atoms with van der Waals surface area (Å²) in [7, 11) is 2.06. The SMILES string of the molecule is CN1CC2(CCN(CC(F)(F)F)CC2)c2ccc(Br)cc21. The van der Waals surface area contributed by atoms with Crippen molar-refractivity contribution in [1.29, 1.82) is 0 Å². The van der Waals surface area contributed by atoms with Crippen molar-refractivity contribution in [3.8, 4) is 0 Å². The lowest BCUT2D eigenvalue weighted by Gasteiger charge is -2.40. The van der Waals surface area contributed by atoms with Gasteiger partial charge in [-0.1, -0.05) is 22.0 Å². The highest BCUT2D eigenvalue weighted by molar-refractivity contribution is 9.10. The number of piperidine rings is 1. The first-order valence-corrected chi connectivity index (χ1v) is 7.89. The van der Waals surface area contributed by atoms with Gasteiger partial charge >= 0.3 is 6.18 Å². The van der Waals surface area contributed by atoms with E-state index in [1.165, 1.54) is 16.2 Å². The van der Waals surface area contributed by atoms with Crippen LogP contribution in [0.4, 0.5) is 18.9 Å². The average molecular weight is 363 g/mol. The number of hydrogen-bond acceptors (Lipinski definition) is 2. The second kappa shape index (κ2) is 5.16. The number of likely N-dealkylation sites (N-methyl/N-ethyl adjacent to an activating group) is 1. The number of fused-ring (bicyclic) bond motifs is 2. The van der Waals surface area contributed by atoms with Gasteiger partial charge in [-0.15, -0.1) is 0 Å². The third-order valence-electron chi connectivity index (χ3n) is 4.70. The van der Waals surface area contributed by atoms with Crippen LogP contribution >= 0.6 is 15.9 Å². The smallest absolute Gasteiger partial charge is 0.373 e. The number of alkyl halides is 3. The molecule has 2 aliphatic rings. The number of anilines is 1. The summed E-state index contributed by atoms with van der Waals surface area (Å²) in [4.78, 5) is 3.75. The van der Waals surface area contributed by atoms with Crippen molar-refractivity contribution >= 4 is 21.6 Å². The lowest BCUT2D eigenvalue weighted by Crippen LogP contribution is -2.47. The molecule has 0 aliphatic carbocycles. The largest absolute Gasteiger partial charge is 0.401 e. The van der Waals surface area contributed by atoms with E-state index in [2.05, 4.69) is 40.0 Å². The van der Waals surface area contributed by atoms with Crippen LogP contribution in [0.25, 0.3) is 0 Å². The van der Waals surface area contributed by atoms with Gasteiger partial charge in [0, 0.05) is 29.2 Å². The number of rotatable bonds is 1. The maximum atomic E-state index is 12.5. The Hall–Kier alpha value is -0.750. The molecule has 6 heteroatoms. The van der Waals surface area contributed by atoms with Crippen molar-refractivity contribution in [2.75, 3.05) is 38.1 Å². The van der Waals surface area contributed by atoms with Crippen LogP contribution in [0.3, 0.4) is 0 Å². The van der Waals surface area contributed by atoms with E-state index in [1.807, 2.05) is 6.07 Å². The van der Waals surface area contributed by atoms with Crippen LogP contribution in [0.15, 0.2) is 22.7 Å². The molecule has 2 heterocycles. The Morgan fingerprint density at radius 2 is 1.90 bits per heavy atom. The van der Waals surface area contributed by atoms with E-state index >= 15 is 0 Å². The van der Waals surface area contributed by atoms with Crippen molar-refractivity contribution in [2.45, 2.75) is 24.4 Å². The van der Waals surface area contributed by atoms with Crippen molar-refractivity contribution in [3.05, 3.63) is 28.2 Å². The molecule has 2 aliphatic heterocycles. The van der Waals surface area contributed by atoms with Crippen molar-refractivity contribution in [3.63, 3.8) is 0 Å². The normalized spacial score (nSPS) is 21.9. The zero-order valence-electron chi connectivity index (χ0n) is 11.9. The summed E-state index contributed by atoms with van der Waals surface area (Å²) in [6.45, 7) is 1.15. The van der Waals surface area contributed by atoms with Crippen molar-refractivity contribution < 1.29 is 13.2 Å². The van der Waals surface area contributed by atoms with Crippen LogP contribution in [-0.2, 0) is 5.41 Å². The van der Waals surface area contributed by atoms with Gasteiger partial charge in [0.2, 0.25) is 0 Å². The molecule has 1 fully saturated rings. The van der Waals surface area contributed by atoms with E-state index in [9.17, 15) is 13.2 Å². The molecule has 1 spiro atoms. The number of likely N-dealkylation sites (tertiary alicyclic amines) is 1. The van der Waals surface area contributed by atoms with E-state index in [1.54, 1.807) is 0 Å². The highest BCUT2D eigenvalue weighted by atomic mass is 79.9. The first-order chi connectivity index (χ1) is 9.79. The van der Waals surface area contributed by atoms with E-state index in [4.69, 9.17) is 0 Å².